The van der Waals surface area contributed by atoms with E-state index in [2.05, 4.69) is 37.6 Å². The fourth-order valence-corrected chi connectivity index (χ4v) is 3.26. The molecule has 2 heterocycles. The normalized spacial score (nSPS) is 18.3. The largest absolute Gasteiger partial charge is 0.383 e. The van der Waals surface area contributed by atoms with Crippen molar-refractivity contribution in [2.75, 3.05) is 23.7 Å². The molecule has 21 heavy (non-hydrogen) atoms. The van der Waals surface area contributed by atoms with Gasteiger partial charge in [0.25, 0.3) is 0 Å². The van der Waals surface area contributed by atoms with Crippen molar-refractivity contribution in [1.29, 1.82) is 0 Å². The molecule has 0 atom stereocenters. The van der Waals surface area contributed by atoms with Gasteiger partial charge in [-0.05, 0) is 25.2 Å². The van der Waals surface area contributed by atoms with Gasteiger partial charge in [0.15, 0.2) is 0 Å². The third-order valence-corrected chi connectivity index (χ3v) is 5.32. The fourth-order valence-electron chi connectivity index (χ4n) is 3.26. The Morgan fingerprint density at radius 1 is 1.14 bits per heavy atom. The van der Waals surface area contributed by atoms with Gasteiger partial charge in [0.2, 0.25) is 0 Å². The van der Waals surface area contributed by atoms with Crippen molar-refractivity contribution in [2.24, 2.45) is 5.41 Å². The molecule has 1 saturated heterocycles. The Hall–Kier alpha value is -1.32. The Morgan fingerprint density at radius 2 is 1.71 bits per heavy atom. The van der Waals surface area contributed by atoms with Gasteiger partial charge >= 0.3 is 0 Å². The highest BCUT2D eigenvalue weighted by molar-refractivity contribution is 5.57. The number of nitrogens with zero attached hydrogens (tertiary/aromatic N) is 3. The molecular weight excluding hydrogens is 260 g/mol. The Labute approximate surface area is 129 Å². The summed E-state index contributed by atoms with van der Waals surface area (Å²) in [5.41, 5.74) is 7.65. The van der Waals surface area contributed by atoms with E-state index in [0.717, 1.165) is 30.3 Å². The van der Waals surface area contributed by atoms with Gasteiger partial charge in [-0.25, -0.2) is 9.97 Å². The van der Waals surface area contributed by atoms with Crippen LogP contribution in [0.5, 0.6) is 0 Å². The number of aromatic nitrogens is 2. The average Bonchev–Trinajstić information content (AvgIpc) is 2.50. The van der Waals surface area contributed by atoms with E-state index < -0.39 is 0 Å². The molecule has 0 bridgehead atoms. The van der Waals surface area contributed by atoms with Gasteiger partial charge in [-0.15, -0.1) is 0 Å². The predicted molar refractivity (Wildman–Crippen MR) is 89.7 cm³/mol. The van der Waals surface area contributed by atoms with Gasteiger partial charge in [0.1, 0.15) is 17.5 Å². The van der Waals surface area contributed by atoms with Crippen LogP contribution in [-0.4, -0.2) is 23.1 Å². The number of rotatable bonds is 4. The minimum Gasteiger partial charge on any atom is -0.383 e. The van der Waals surface area contributed by atoms with Crippen molar-refractivity contribution in [3.05, 3.63) is 11.4 Å². The van der Waals surface area contributed by atoms with Crippen LogP contribution in [0.15, 0.2) is 0 Å². The molecule has 1 aliphatic heterocycles. The van der Waals surface area contributed by atoms with Crippen LogP contribution in [0.2, 0.25) is 0 Å². The number of piperidine rings is 1. The van der Waals surface area contributed by atoms with E-state index in [4.69, 9.17) is 10.7 Å². The van der Waals surface area contributed by atoms with Crippen molar-refractivity contribution in [3.8, 4) is 0 Å². The lowest BCUT2D eigenvalue weighted by Crippen LogP contribution is -2.40. The highest BCUT2D eigenvalue weighted by Crippen LogP contribution is 2.39. The van der Waals surface area contributed by atoms with Gasteiger partial charge in [-0.3, -0.25) is 0 Å². The molecule has 0 spiro atoms. The third kappa shape index (κ3) is 3.14. The molecule has 1 fully saturated rings. The molecule has 1 aromatic rings. The zero-order valence-corrected chi connectivity index (χ0v) is 14.2. The van der Waals surface area contributed by atoms with Crippen LogP contribution in [0.1, 0.15) is 70.7 Å². The third-order valence-electron chi connectivity index (χ3n) is 5.32. The molecule has 118 valence electrons. The van der Waals surface area contributed by atoms with Crippen LogP contribution in [-0.2, 0) is 0 Å². The molecule has 4 heteroatoms. The second kappa shape index (κ2) is 6.20. The topological polar surface area (TPSA) is 55.0 Å². The highest BCUT2D eigenvalue weighted by Gasteiger charge is 2.32. The molecular formula is C17H30N4. The fraction of sp³-hybridized carbons (Fsp3) is 0.765. The summed E-state index contributed by atoms with van der Waals surface area (Å²) in [5, 5.41) is 0. The quantitative estimate of drug-likeness (QED) is 0.913. The molecule has 0 aliphatic carbocycles. The lowest BCUT2D eigenvalue weighted by atomic mass is 9.74. The zero-order chi connectivity index (χ0) is 15.6. The minimum absolute atomic E-state index is 0.307. The number of anilines is 2. The Bertz CT molecular complexity index is 482. The summed E-state index contributed by atoms with van der Waals surface area (Å²) < 4.78 is 0. The van der Waals surface area contributed by atoms with E-state index >= 15 is 0 Å². The average molecular weight is 290 g/mol. The van der Waals surface area contributed by atoms with Gasteiger partial charge < -0.3 is 10.6 Å². The van der Waals surface area contributed by atoms with Crippen LogP contribution in [0, 0.1) is 12.3 Å². The van der Waals surface area contributed by atoms with Crippen molar-refractivity contribution in [3.63, 3.8) is 0 Å². The number of nitrogens with two attached hydrogens (primary N) is 1. The summed E-state index contributed by atoms with van der Waals surface area (Å²) in [6.45, 7) is 13.1. The maximum atomic E-state index is 6.09. The second-order valence-electron chi connectivity index (χ2n) is 6.76. The highest BCUT2D eigenvalue weighted by atomic mass is 15.2. The maximum absolute atomic E-state index is 6.09. The molecule has 0 saturated carbocycles. The lowest BCUT2D eigenvalue weighted by molar-refractivity contribution is 0.199. The Balaban J connectivity index is 2.24. The maximum Gasteiger partial charge on any atom is 0.137 e. The second-order valence-corrected chi connectivity index (χ2v) is 6.76. The molecule has 4 nitrogen and oxygen atoms in total. The van der Waals surface area contributed by atoms with Crippen LogP contribution in [0.3, 0.4) is 0 Å². The molecule has 0 aromatic carbocycles. The first-order chi connectivity index (χ1) is 9.92. The summed E-state index contributed by atoms with van der Waals surface area (Å²) in [4.78, 5) is 11.6. The van der Waals surface area contributed by atoms with Crippen LogP contribution in [0.4, 0.5) is 11.6 Å². The van der Waals surface area contributed by atoms with E-state index in [-0.39, 0.29) is 0 Å². The number of nitrogen functional groups attached to an aromatic ring is 1. The monoisotopic (exact) mass is 290 g/mol. The summed E-state index contributed by atoms with van der Waals surface area (Å²) in [7, 11) is 0. The van der Waals surface area contributed by atoms with E-state index in [1.165, 1.54) is 25.7 Å². The summed E-state index contributed by atoms with van der Waals surface area (Å²) in [6.07, 6.45) is 5.06. The van der Waals surface area contributed by atoms with Gasteiger partial charge in [0.05, 0.1) is 0 Å². The molecule has 0 radical (unpaired) electrons. The summed E-state index contributed by atoms with van der Waals surface area (Å²) in [6, 6.07) is 0. The minimum atomic E-state index is 0.307. The van der Waals surface area contributed by atoms with Crippen molar-refractivity contribution < 1.29 is 0 Å². The summed E-state index contributed by atoms with van der Waals surface area (Å²) in [5.74, 6) is 2.84. The summed E-state index contributed by atoms with van der Waals surface area (Å²) >= 11 is 0. The van der Waals surface area contributed by atoms with E-state index in [0.29, 0.717) is 17.2 Å². The molecule has 0 unspecified atom stereocenters. The zero-order valence-electron chi connectivity index (χ0n) is 14.2. The first-order valence-electron chi connectivity index (χ1n) is 8.31. The first kappa shape index (κ1) is 16.1. The number of hydrogen-bond acceptors (Lipinski definition) is 4. The van der Waals surface area contributed by atoms with Gasteiger partial charge in [0, 0.05) is 24.6 Å². The number of hydrogen-bond donors (Lipinski definition) is 1. The molecule has 2 N–H and O–H groups in total. The van der Waals surface area contributed by atoms with Crippen LogP contribution >= 0.6 is 0 Å². The van der Waals surface area contributed by atoms with Gasteiger partial charge in [-0.2, -0.15) is 0 Å². The molecule has 2 rings (SSSR count). The van der Waals surface area contributed by atoms with Crippen molar-refractivity contribution >= 4 is 11.6 Å². The molecule has 1 aliphatic rings. The SMILES string of the molecule is CCC1(CC)CCN(c2nc(C(C)C)nc(N)c2C)CC1. The predicted octanol–water partition coefficient (Wildman–Crippen LogP) is 3.90. The Kier molecular flexibility index (Phi) is 4.74. The van der Waals surface area contributed by atoms with E-state index in [1.807, 2.05) is 6.92 Å². The standard InChI is InChI=1S/C17H30N4/c1-6-17(7-2)8-10-21(11-9-17)16-13(5)14(18)19-15(20-16)12(3)4/h12H,6-11H2,1-5H3,(H2,18,19,20). The lowest BCUT2D eigenvalue weighted by Gasteiger charge is -2.42. The van der Waals surface area contributed by atoms with Gasteiger partial charge in [-0.1, -0.05) is 40.5 Å². The van der Waals surface area contributed by atoms with Crippen molar-refractivity contribution in [2.45, 2.75) is 66.2 Å². The van der Waals surface area contributed by atoms with Crippen LogP contribution < -0.4 is 10.6 Å². The molecule has 0 amide bonds. The van der Waals surface area contributed by atoms with E-state index in [1.54, 1.807) is 0 Å². The first-order valence-corrected chi connectivity index (χ1v) is 8.31. The Morgan fingerprint density at radius 3 is 2.19 bits per heavy atom. The smallest absolute Gasteiger partial charge is 0.137 e. The van der Waals surface area contributed by atoms with Crippen molar-refractivity contribution in [1.82, 2.24) is 9.97 Å². The molecule has 1 aromatic heterocycles. The van der Waals surface area contributed by atoms with Crippen LogP contribution in [0.25, 0.3) is 0 Å². The van der Waals surface area contributed by atoms with E-state index in [9.17, 15) is 0 Å².